The first kappa shape index (κ1) is 29.4. The Morgan fingerprint density at radius 3 is 2.52 bits per heavy atom. The van der Waals surface area contributed by atoms with Gasteiger partial charge in [-0.25, -0.2) is 9.18 Å². The number of terminal acetylenes is 1. The van der Waals surface area contributed by atoms with Gasteiger partial charge in [-0.15, -0.1) is 6.42 Å². The number of anilines is 1. The Morgan fingerprint density at radius 1 is 1.11 bits per heavy atom. The number of hydrogen-bond donors (Lipinski definition) is 0. The van der Waals surface area contributed by atoms with Gasteiger partial charge >= 0.3 is 12.1 Å². The molecule has 2 saturated heterocycles. The van der Waals surface area contributed by atoms with Crippen LogP contribution in [0.4, 0.5) is 15.0 Å². The molecule has 2 aromatic carbocycles. The molecule has 228 valence electrons. The minimum absolute atomic E-state index is 0.0165. The number of methoxy groups -OCH3 is 2. The molecule has 1 amide bonds. The molecule has 0 N–H and O–H groups in total. The zero-order chi connectivity index (χ0) is 31.2. The van der Waals surface area contributed by atoms with E-state index in [2.05, 4.69) is 15.8 Å². The molecule has 2 atom stereocenters. The number of piperazine rings is 1. The third-order valence-electron chi connectivity index (χ3n) is 7.90. The van der Waals surface area contributed by atoms with Crippen LogP contribution in [0.2, 0.25) is 0 Å². The van der Waals surface area contributed by atoms with Crippen LogP contribution in [0.25, 0.3) is 32.9 Å². The number of hydrogen-bond acceptors (Lipinski definition) is 9. The van der Waals surface area contributed by atoms with Crippen LogP contribution in [0.1, 0.15) is 39.2 Å². The standard InChI is InChI=1S/C33H34FN5O5/c1-7-24-26(34)11-8-19-12-23(43-18-41-5)14-25(28(19)24)20-13-27-29(35-15-20)30(37-31(36-27)42-6)38-16-21-9-10-22(17-38)39(21)32(40)44-33(2,3)4/h1,8,11-15,21-22H,9-10,16-18H2,2-6H3. The second-order valence-electron chi connectivity index (χ2n) is 12.0. The predicted octanol–water partition coefficient (Wildman–Crippen LogP) is 5.54. The van der Waals surface area contributed by atoms with Crippen LogP contribution in [-0.4, -0.2) is 77.7 Å². The maximum Gasteiger partial charge on any atom is 0.410 e. The molecule has 2 fully saturated rings. The molecule has 4 aromatic rings. The fourth-order valence-electron chi connectivity index (χ4n) is 6.12. The van der Waals surface area contributed by atoms with Gasteiger partial charge < -0.3 is 23.8 Å². The number of aromatic nitrogens is 3. The normalized spacial score (nSPS) is 18.0. The van der Waals surface area contributed by atoms with Crippen molar-refractivity contribution in [3.63, 3.8) is 0 Å². The van der Waals surface area contributed by atoms with Gasteiger partial charge in [0.05, 0.1) is 30.3 Å². The second-order valence-corrected chi connectivity index (χ2v) is 12.0. The first-order valence-electron chi connectivity index (χ1n) is 14.4. The van der Waals surface area contributed by atoms with Crippen molar-refractivity contribution in [1.29, 1.82) is 0 Å². The Hall–Kier alpha value is -4.69. The van der Waals surface area contributed by atoms with Gasteiger partial charge in [-0.05, 0) is 68.8 Å². The number of carbonyl (C=O) groups is 1. The molecule has 2 aliphatic rings. The Morgan fingerprint density at radius 2 is 1.86 bits per heavy atom. The summed E-state index contributed by atoms with van der Waals surface area (Å²) in [5.74, 6) is 3.17. The first-order chi connectivity index (χ1) is 21.1. The van der Waals surface area contributed by atoms with E-state index in [-0.39, 0.29) is 36.5 Å². The van der Waals surface area contributed by atoms with Crippen LogP contribution in [0.15, 0.2) is 36.5 Å². The molecule has 0 saturated carbocycles. The van der Waals surface area contributed by atoms with Gasteiger partial charge in [0.1, 0.15) is 22.7 Å². The summed E-state index contributed by atoms with van der Waals surface area (Å²) in [6, 6.07) is 8.61. The Bertz CT molecular complexity index is 1790. The predicted molar refractivity (Wildman–Crippen MR) is 164 cm³/mol. The second kappa shape index (κ2) is 11.4. The van der Waals surface area contributed by atoms with Crippen LogP contribution in [-0.2, 0) is 9.47 Å². The SMILES string of the molecule is C#Cc1c(F)ccc2cc(OCOC)cc(-c3cnc4c(N5CC6CCC(C5)N6C(=O)OC(C)(C)C)nc(OC)nc4c3)c12. The van der Waals surface area contributed by atoms with Crippen molar-refractivity contribution in [2.45, 2.75) is 51.3 Å². The van der Waals surface area contributed by atoms with Crippen molar-refractivity contribution in [2.75, 3.05) is 39.0 Å². The number of ether oxygens (including phenoxy) is 4. The molecule has 2 aromatic heterocycles. The van der Waals surface area contributed by atoms with Crippen molar-refractivity contribution in [2.24, 2.45) is 0 Å². The zero-order valence-corrected chi connectivity index (χ0v) is 25.4. The minimum Gasteiger partial charge on any atom is -0.468 e. The van der Waals surface area contributed by atoms with Crippen LogP contribution in [0.5, 0.6) is 11.8 Å². The lowest BCUT2D eigenvalue weighted by atomic mass is 9.94. The summed E-state index contributed by atoms with van der Waals surface area (Å²) in [6.45, 7) is 6.81. The number of nitrogens with zero attached hydrogens (tertiary/aromatic N) is 5. The number of pyridine rings is 1. The molecular formula is C33H34FN5O5. The van der Waals surface area contributed by atoms with Crippen LogP contribution < -0.4 is 14.4 Å². The fourth-order valence-corrected chi connectivity index (χ4v) is 6.12. The van der Waals surface area contributed by atoms with E-state index in [1.54, 1.807) is 24.4 Å². The quantitative estimate of drug-likeness (QED) is 0.209. The molecule has 2 unspecified atom stereocenters. The highest BCUT2D eigenvalue weighted by molar-refractivity contribution is 6.03. The monoisotopic (exact) mass is 599 g/mol. The number of amides is 1. The summed E-state index contributed by atoms with van der Waals surface area (Å²) in [7, 11) is 3.05. The van der Waals surface area contributed by atoms with Gasteiger partial charge in [-0.1, -0.05) is 12.0 Å². The summed E-state index contributed by atoms with van der Waals surface area (Å²) < 4.78 is 36.9. The summed E-state index contributed by atoms with van der Waals surface area (Å²) in [4.78, 5) is 31.2. The summed E-state index contributed by atoms with van der Waals surface area (Å²) >= 11 is 0. The average Bonchev–Trinajstić information content (AvgIpc) is 3.27. The van der Waals surface area contributed by atoms with Crippen molar-refractivity contribution < 1.29 is 28.1 Å². The van der Waals surface area contributed by atoms with Gasteiger partial charge in [0.25, 0.3) is 0 Å². The smallest absolute Gasteiger partial charge is 0.410 e. The molecule has 0 spiro atoms. The van der Waals surface area contributed by atoms with E-state index in [0.29, 0.717) is 57.6 Å². The van der Waals surface area contributed by atoms with E-state index in [4.69, 9.17) is 35.3 Å². The molecule has 2 bridgehead atoms. The van der Waals surface area contributed by atoms with Crippen molar-refractivity contribution in [3.05, 3.63) is 47.9 Å². The third-order valence-corrected chi connectivity index (χ3v) is 7.90. The molecule has 11 heteroatoms. The molecule has 4 heterocycles. The van der Waals surface area contributed by atoms with Crippen molar-refractivity contribution in [3.8, 4) is 35.2 Å². The van der Waals surface area contributed by atoms with E-state index in [9.17, 15) is 9.18 Å². The zero-order valence-electron chi connectivity index (χ0n) is 25.4. The molecule has 2 aliphatic heterocycles. The number of halogens is 1. The van der Waals surface area contributed by atoms with Gasteiger partial charge in [-0.2, -0.15) is 9.97 Å². The Labute approximate surface area is 255 Å². The molecule has 10 nitrogen and oxygen atoms in total. The van der Waals surface area contributed by atoms with Gasteiger partial charge in [-0.3, -0.25) is 9.88 Å². The van der Waals surface area contributed by atoms with E-state index in [1.165, 1.54) is 20.3 Å². The lowest BCUT2D eigenvalue weighted by Crippen LogP contribution is -2.57. The molecule has 44 heavy (non-hydrogen) atoms. The third kappa shape index (κ3) is 5.42. The van der Waals surface area contributed by atoms with E-state index >= 15 is 0 Å². The number of rotatable bonds is 6. The summed E-state index contributed by atoms with van der Waals surface area (Å²) in [6.07, 6.45) is 8.93. The van der Waals surface area contributed by atoms with Crippen LogP contribution >= 0.6 is 0 Å². The Kier molecular flexibility index (Phi) is 7.63. The Balaban J connectivity index is 1.42. The van der Waals surface area contributed by atoms with Gasteiger partial charge in [0.15, 0.2) is 12.6 Å². The average molecular weight is 600 g/mol. The topological polar surface area (TPSA) is 99.1 Å². The lowest BCUT2D eigenvalue weighted by molar-refractivity contribution is 0.0122. The van der Waals surface area contributed by atoms with E-state index in [0.717, 1.165) is 12.8 Å². The van der Waals surface area contributed by atoms with Crippen molar-refractivity contribution in [1.82, 2.24) is 19.9 Å². The maximum absolute atomic E-state index is 14.9. The highest BCUT2D eigenvalue weighted by Crippen LogP contribution is 2.39. The number of fused-ring (bicyclic) bond motifs is 4. The fraction of sp³-hybridized carbons (Fsp3) is 0.394. The summed E-state index contributed by atoms with van der Waals surface area (Å²) in [5.41, 5.74) is 2.00. The number of carbonyl (C=O) groups excluding carboxylic acids is 1. The van der Waals surface area contributed by atoms with Crippen LogP contribution in [0.3, 0.4) is 0 Å². The first-order valence-corrected chi connectivity index (χ1v) is 14.4. The van der Waals surface area contributed by atoms with Crippen molar-refractivity contribution >= 4 is 33.7 Å². The molecule has 0 aliphatic carbocycles. The highest BCUT2D eigenvalue weighted by atomic mass is 19.1. The van der Waals surface area contributed by atoms with Gasteiger partial charge in [0.2, 0.25) is 0 Å². The summed E-state index contributed by atoms with van der Waals surface area (Å²) in [5, 5.41) is 1.27. The van der Waals surface area contributed by atoms with Gasteiger partial charge in [0, 0.05) is 37.3 Å². The lowest BCUT2D eigenvalue weighted by Gasteiger charge is -2.41. The van der Waals surface area contributed by atoms with E-state index < -0.39 is 11.4 Å². The molecule has 6 rings (SSSR count). The van der Waals surface area contributed by atoms with E-state index in [1.807, 2.05) is 31.7 Å². The number of benzene rings is 2. The highest BCUT2D eigenvalue weighted by Gasteiger charge is 2.45. The van der Waals surface area contributed by atoms with Crippen LogP contribution in [0, 0.1) is 18.2 Å². The minimum atomic E-state index is -0.570. The largest absolute Gasteiger partial charge is 0.468 e. The maximum atomic E-state index is 14.9. The molecule has 0 radical (unpaired) electrons. The molecular weight excluding hydrogens is 565 g/mol.